The minimum Gasteiger partial charge on any atom is -0.389 e. The van der Waals surface area contributed by atoms with E-state index in [1.54, 1.807) is 25.8 Å². The van der Waals surface area contributed by atoms with E-state index in [0.29, 0.717) is 6.54 Å². The van der Waals surface area contributed by atoms with Crippen molar-refractivity contribution in [2.24, 2.45) is 5.41 Å². The van der Waals surface area contributed by atoms with Crippen LogP contribution < -0.4 is 0 Å². The van der Waals surface area contributed by atoms with Crippen LogP contribution in [0.15, 0.2) is 30.3 Å². The third-order valence-corrected chi connectivity index (χ3v) is 4.12. The van der Waals surface area contributed by atoms with Crippen molar-refractivity contribution in [3.8, 4) is 0 Å². The molecule has 1 saturated carbocycles. The van der Waals surface area contributed by atoms with Crippen molar-refractivity contribution in [2.75, 3.05) is 13.6 Å². The minimum atomic E-state index is -0.845. The van der Waals surface area contributed by atoms with Gasteiger partial charge in [0.1, 0.15) is 0 Å². The van der Waals surface area contributed by atoms with Gasteiger partial charge in [-0.25, -0.2) is 0 Å². The number of rotatable bonds is 5. The van der Waals surface area contributed by atoms with Gasteiger partial charge in [0.25, 0.3) is 0 Å². The first kappa shape index (κ1) is 15.0. The molecule has 20 heavy (non-hydrogen) atoms. The second-order valence-electron chi connectivity index (χ2n) is 6.77. The fourth-order valence-electron chi connectivity index (χ4n) is 3.11. The smallest absolute Gasteiger partial charge is 0.228 e. The topological polar surface area (TPSA) is 40.5 Å². The van der Waals surface area contributed by atoms with E-state index < -0.39 is 5.60 Å². The molecule has 0 radical (unpaired) electrons. The molecule has 0 spiro atoms. The Balaban J connectivity index is 2.09. The van der Waals surface area contributed by atoms with Gasteiger partial charge in [-0.3, -0.25) is 4.79 Å². The maximum absolute atomic E-state index is 12.7. The van der Waals surface area contributed by atoms with Crippen molar-refractivity contribution < 1.29 is 9.90 Å². The second kappa shape index (κ2) is 5.57. The molecule has 2 rings (SSSR count). The van der Waals surface area contributed by atoms with Gasteiger partial charge in [-0.15, -0.1) is 0 Å². The Kier molecular flexibility index (Phi) is 4.19. The first-order valence-electron chi connectivity index (χ1n) is 7.34. The number of nitrogens with zero attached hydrogens (tertiary/aromatic N) is 1. The summed E-state index contributed by atoms with van der Waals surface area (Å²) in [5.74, 6) is 0.176. The highest BCUT2D eigenvalue weighted by molar-refractivity contribution is 5.83. The molecule has 0 saturated heterocycles. The Morgan fingerprint density at radius 2 is 1.90 bits per heavy atom. The normalized spacial score (nSPS) is 17.4. The van der Waals surface area contributed by atoms with E-state index in [-0.39, 0.29) is 11.3 Å². The first-order valence-corrected chi connectivity index (χ1v) is 7.34. The molecule has 0 heterocycles. The van der Waals surface area contributed by atoms with Gasteiger partial charge in [-0.05, 0) is 38.7 Å². The molecule has 1 aromatic rings. The monoisotopic (exact) mass is 275 g/mol. The zero-order chi connectivity index (χ0) is 14.8. The van der Waals surface area contributed by atoms with E-state index in [0.717, 1.165) is 25.7 Å². The van der Waals surface area contributed by atoms with Gasteiger partial charge in [0.05, 0.1) is 11.0 Å². The van der Waals surface area contributed by atoms with Gasteiger partial charge in [-0.1, -0.05) is 36.8 Å². The number of hydrogen-bond acceptors (Lipinski definition) is 2. The molecule has 1 amide bonds. The second-order valence-corrected chi connectivity index (χ2v) is 6.77. The number of carbonyl (C=O) groups is 1. The highest BCUT2D eigenvalue weighted by Crippen LogP contribution is 2.45. The summed E-state index contributed by atoms with van der Waals surface area (Å²) in [5, 5.41) is 9.89. The zero-order valence-electron chi connectivity index (χ0n) is 12.7. The van der Waals surface area contributed by atoms with Gasteiger partial charge in [0.2, 0.25) is 5.91 Å². The number of carbonyl (C=O) groups excluding carboxylic acids is 1. The van der Waals surface area contributed by atoms with Crippen LogP contribution in [0, 0.1) is 5.41 Å². The van der Waals surface area contributed by atoms with E-state index in [2.05, 4.69) is 12.1 Å². The van der Waals surface area contributed by atoms with E-state index in [4.69, 9.17) is 0 Å². The number of benzene rings is 1. The molecule has 110 valence electrons. The molecule has 0 aromatic heterocycles. The maximum Gasteiger partial charge on any atom is 0.228 e. The Labute approximate surface area is 121 Å². The molecule has 1 aliphatic carbocycles. The average Bonchev–Trinajstić information content (AvgIpc) is 2.32. The molecular formula is C17H25NO2. The zero-order valence-corrected chi connectivity index (χ0v) is 12.7. The third kappa shape index (κ3) is 3.40. The number of likely N-dealkylation sites (N-methyl/N-ethyl adjacent to an activating group) is 1. The fourth-order valence-corrected chi connectivity index (χ4v) is 3.11. The molecule has 1 fully saturated rings. The largest absolute Gasteiger partial charge is 0.389 e. The summed E-state index contributed by atoms with van der Waals surface area (Å²) in [6.45, 7) is 3.85. The van der Waals surface area contributed by atoms with Crippen LogP contribution >= 0.6 is 0 Å². The van der Waals surface area contributed by atoms with Gasteiger partial charge >= 0.3 is 0 Å². The van der Waals surface area contributed by atoms with Crippen LogP contribution in [0.5, 0.6) is 0 Å². The molecule has 0 atom stereocenters. The summed E-state index contributed by atoms with van der Waals surface area (Å²) in [7, 11) is 1.80. The van der Waals surface area contributed by atoms with Crippen molar-refractivity contribution in [1.82, 2.24) is 4.90 Å². The summed E-state index contributed by atoms with van der Waals surface area (Å²) in [6, 6.07) is 10.2. The molecule has 0 unspecified atom stereocenters. The van der Waals surface area contributed by atoms with Crippen LogP contribution in [0.4, 0.5) is 0 Å². The van der Waals surface area contributed by atoms with Gasteiger partial charge < -0.3 is 10.0 Å². The highest BCUT2D eigenvalue weighted by atomic mass is 16.3. The summed E-state index contributed by atoms with van der Waals surface area (Å²) < 4.78 is 0. The summed E-state index contributed by atoms with van der Waals surface area (Å²) in [6.07, 6.45) is 3.84. The van der Waals surface area contributed by atoms with Crippen molar-refractivity contribution >= 4 is 5.91 Å². The summed E-state index contributed by atoms with van der Waals surface area (Å²) in [5.41, 5.74) is 0.126. The van der Waals surface area contributed by atoms with Gasteiger partial charge in [0, 0.05) is 13.6 Å². The third-order valence-electron chi connectivity index (χ3n) is 4.12. The lowest BCUT2D eigenvalue weighted by Gasteiger charge is -2.43. The highest BCUT2D eigenvalue weighted by Gasteiger charge is 2.45. The fraction of sp³-hybridized carbons (Fsp3) is 0.588. The molecule has 3 nitrogen and oxygen atoms in total. The van der Waals surface area contributed by atoms with Crippen LogP contribution in [-0.4, -0.2) is 35.1 Å². The van der Waals surface area contributed by atoms with E-state index in [9.17, 15) is 9.90 Å². The Morgan fingerprint density at radius 1 is 1.30 bits per heavy atom. The van der Waals surface area contributed by atoms with Crippen LogP contribution in [0.25, 0.3) is 0 Å². The predicted octanol–water partition coefficient (Wildman–Crippen LogP) is 2.63. The molecule has 0 bridgehead atoms. The molecule has 1 N–H and O–H groups in total. The van der Waals surface area contributed by atoms with Crippen molar-refractivity contribution in [1.29, 1.82) is 0 Å². The summed E-state index contributed by atoms with van der Waals surface area (Å²) >= 11 is 0. The van der Waals surface area contributed by atoms with Crippen LogP contribution in [0.2, 0.25) is 0 Å². The van der Waals surface area contributed by atoms with Crippen LogP contribution in [0.3, 0.4) is 0 Å². The first-order chi connectivity index (χ1) is 9.32. The lowest BCUT2D eigenvalue weighted by Crippen LogP contribution is -2.51. The Morgan fingerprint density at radius 3 is 2.35 bits per heavy atom. The number of aliphatic hydroxyl groups is 1. The average molecular weight is 275 g/mol. The molecule has 3 heteroatoms. The van der Waals surface area contributed by atoms with E-state index in [1.807, 2.05) is 18.2 Å². The predicted molar refractivity (Wildman–Crippen MR) is 80.4 cm³/mol. The molecular weight excluding hydrogens is 250 g/mol. The van der Waals surface area contributed by atoms with Crippen LogP contribution in [-0.2, 0) is 11.2 Å². The lowest BCUT2D eigenvalue weighted by atomic mass is 9.64. The van der Waals surface area contributed by atoms with Gasteiger partial charge in [-0.2, -0.15) is 0 Å². The molecule has 0 aliphatic heterocycles. The Hall–Kier alpha value is -1.35. The van der Waals surface area contributed by atoms with Crippen molar-refractivity contribution in [3.05, 3.63) is 35.9 Å². The van der Waals surface area contributed by atoms with Crippen molar-refractivity contribution in [2.45, 2.75) is 45.1 Å². The lowest BCUT2D eigenvalue weighted by molar-refractivity contribution is -0.148. The van der Waals surface area contributed by atoms with Crippen LogP contribution in [0.1, 0.15) is 38.7 Å². The number of amides is 1. The standard InChI is InChI=1S/C17H25NO2/c1-16(2,20)13-18(3)15(19)17(10-7-11-17)12-14-8-5-4-6-9-14/h4-6,8-9,20H,7,10-13H2,1-3H3. The minimum absolute atomic E-state index is 0.176. The summed E-state index contributed by atoms with van der Waals surface area (Å²) in [4.78, 5) is 14.4. The number of hydrogen-bond donors (Lipinski definition) is 1. The molecule has 1 aromatic carbocycles. The maximum atomic E-state index is 12.7. The quantitative estimate of drug-likeness (QED) is 0.897. The van der Waals surface area contributed by atoms with Gasteiger partial charge in [0.15, 0.2) is 0 Å². The SMILES string of the molecule is CN(CC(C)(C)O)C(=O)C1(Cc2ccccc2)CCC1. The Bertz CT molecular complexity index is 458. The molecule has 1 aliphatic rings. The van der Waals surface area contributed by atoms with E-state index >= 15 is 0 Å². The van der Waals surface area contributed by atoms with Crippen molar-refractivity contribution in [3.63, 3.8) is 0 Å². The van der Waals surface area contributed by atoms with E-state index in [1.165, 1.54) is 5.56 Å².